The molecule has 0 bridgehead atoms. The number of hydrogen-bond acceptors (Lipinski definition) is 2. The average Bonchev–Trinajstić information content (AvgIpc) is 2.68. The van der Waals surface area contributed by atoms with Crippen molar-refractivity contribution in [1.82, 2.24) is 5.32 Å². The van der Waals surface area contributed by atoms with Crippen LogP contribution in [0, 0.1) is 5.41 Å². The summed E-state index contributed by atoms with van der Waals surface area (Å²) in [7, 11) is 0. The first-order valence-corrected chi connectivity index (χ1v) is 6.11. The van der Waals surface area contributed by atoms with Crippen LogP contribution in [0.3, 0.4) is 0 Å². The van der Waals surface area contributed by atoms with Gasteiger partial charge in [-0.05, 0) is 37.8 Å². The normalized spacial score (nSPS) is 24.4. The molecule has 0 amide bonds. The van der Waals surface area contributed by atoms with Gasteiger partial charge in [0, 0.05) is 6.61 Å². The second kappa shape index (κ2) is 6.41. The summed E-state index contributed by atoms with van der Waals surface area (Å²) >= 11 is 0. The Hall–Kier alpha value is -0.0800. The van der Waals surface area contributed by atoms with Crippen molar-refractivity contribution in [3.8, 4) is 0 Å². The Bertz CT molecular complexity index is 131. The molecule has 2 heteroatoms. The molecular formula is C12H25NO. The van der Waals surface area contributed by atoms with Gasteiger partial charge in [0.25, 0.3) is 0 Å². The molecular weight excluding hydrogens is 174 g/mol. The van der Waals surface area contributed by atoms with Crippen LogP contribution >= 0.6 is 0 Å². The Morgan fingerprint density at radius 1 is 1.07 bits per heavy atom. The number of hydrogen-bond donors (Lipinski definition) is 1. The van der Waals surface area contributed by atoms with Crippen molar-refractivity contribution in [2.45, 2.75) is 46.0 Å². The first-order valence-electron chi connectivity index (χ1n) is 6.11. The summed E-state index contributed by atoms with van der Waals surface area (Å²) in [5, 5.41) is 3.38. The van der Waals surface area contributed by atoms with E-state index in [1.807, 2.05) is 0 Å². The van der Waals surface area contributed by atoms with Crippen LogP contribution in [0.5, 0.6) is 0 Å². The molecule has 0 unspecified atom stereocenters. The molecule has 0 aromatic carbocycles. The summed E-state index contributed by atoms with van der Waals surface area (Å²) < 4.78 is 5.41. The Morgan fingerprint density at radius 3 is 2.14 bits per heavy atom. The molecule has 2 aliphatic heterocycles. The monoisotopic (exact) mass is 199 g/mol. The van der Waals surface area contributed by atoms with Gasteiger partial charge in [0.05, 0.1) is 6.61 Å². The number of nitrogens with one attached hydrogen (secondary N) is 1. The van der Waals surface area contributed by atoms with E-state index < -0.39 is 0 Å². The molecule has 84 valence electrons. The summed E-state index contributed by atoms with van der Waals surface area (Å²) in [6.45, 7) is 8.78. The van der Waals surface area contributed by atoms with E-state index in [1.165, 1.54) is 45.2 Å². The maximum Gasteiger partial charge on any atom is 0.0524 e. The number of rotatable bonds is 1. The minimum atomic E-state index is 0.589. The van der Waals surface area contributed by atoms with Gasteiger partial charge in [-0.1, -0.05) is 26.7 Å². The van der Waals surface area contributed by atoms with E-state index in [2.05, 4.69) is 19.2 Å². The van der Waals surface area contributed by atoms with Crippen LogP contribution in [0.15, 0.2) is 0 Å². The molecule has 2 heterocycles. The third kappa shape index (κ3) is 3.58. The molecule has 0 radical (unpaired) electrons. The molecule has 2 fully saturated rings. The third-order valence-corrected chi connectivity index (χ3v) is 3.35. The van der Waals surface area contributed by atoms with E-state index in [-0.39, 0.29) is 0 Å². The highest BCUT2D eigenvalue weighted by Crippen LogP contribution is 2.36. The fourth-order valence-corrected chi connectivity index (χ4v) is 2.00. The highest BCUT2D eigenvalue weighted by molar-refractivity contribution is 4.87. The summed E-state index contributed by atoms with van der Waals surface area (Å²) in [5.74, 6) is 0. The van der Waals surface area contributed by atoms with Crippen LogP contribution in [0.2, 0.25) is 0 Å². The summed E-state index contributed by atoms with van der Waals surface area (Å²) in [6, 6.07) is 0. The predicted octanol–water partition coefficient (Wildman–Crippen LogP) is 2.58. The van der Waals surface area contributed by atoms with Crippen LogP contribution in [0.1, 0.15) is 46.0 Å². The molecule has 0 aromatic rings. The van der Waals surface area contributed by atoms with Gasteiger partial charge in [0.2, 0.25) is 0 Å². The lowest BCUT2D eigenvalue weighted by molar-refractivity contribution is 0.128. The Balaban J connectivity index is 0.000000213. The highest BCUT2D eigenvalue weighted by Gasteiger charge is 2.35. The second-order valence-corrected chi connectivity index (χ2v) is 4.55. The number of unbranched alkanes of at least 4 members (excludes halogenated alkanes) is 1. The van der Waals surface area contributed by atoms with E-state index in [4.69, 9.17) is 4.74 Å². The fourth-order valence-electron chi connectivity index (χ4n) is 2.00. The standard InChI is InChI=1S/C8H15NO.C4H10/c1-4-9-5-2-8(1)3-6-10-7-8;1-3-4-2/h9H,1-7H2;3-4H2,1-2H3. The molecule has 2 nitrogen and oxygen atoms in total. The summed E-state index contributed by atoms with van der Waals surface area (Å²) in [5.41, 5.74) is 0.589. The van der Waals surface area contributed by atoms with Crippen LogP contribution in [-0.4, -0.2) is 26.3 Å². The number of ether oxygens (including phenoxy) is 1. The average molecular weight is 199 g/mol. The smallest absolute Gasteiger partial charge is 0.0524 e. The van der Waals surface area contributed by atoms with Gasteiger partial charge in [-0.15, -0.1) is 0 Å². The van der Waals surface area contributed by atoms with E-state index in [9.17, 15) is 0 Å². The topological polar surface area (TPSA) is 21.3 Å². The molecule has 0 atom stereocenters. The van der Waals surface area contributed by atoms with Crippen molar-refractivity contribution in [2.75, 3.05) is 26.3 Å². The molecule has 2 saturated heterocycles. The van der Waals surface area contributed by atoms with Crippen molar-refractivity contribution < 1.29 is 4.74 Å². The number of piperidine rings is 1. The molecule has 2 aliphatic rings. The maximum absolute atomic E-state index is 5.41. The Labute approximate surface area is 88.4 Å². The minimum absolute atomic E-state index is 0.589. The zero-order chi connectivity index (χ0) is 10.3. The molecule has 0 aromatic heterocycles. The SMILES string of the molecule is C1CC2(CCN1)CCOC2.CCCC. The van der Waals surface area contributed by atoms with E-state index >= 15 is 0 Å². The zero-order valence-corrected chi connectivity index (χ0v) is 9.77. The van der Waals surface area contributed by atoms with Crippen LogP contribution in [0.4, 0.5) is 0 Å². The molecule has 1 spiro atoms. The quantitative estimate of drug-likeness (QED) is 0.701. The maximum atomic E-state index is 5.41. The van der Waals surface area contributed by atoms with E-state index in [1.54, 1.807) is 0 Å². The minimum Gasteiger partial charge on any atom is -0.381 e. The highest BCUT2D eigenvalue weighted by atomic mass is 16.5. The van der Waals surface area contributed by atoms with Gasteiger partial charge >= 0.3 is 0 Å². The van der Waals surface area contributed by atoms with Crippen molar-refractivity contribution in [1.29, 1.82) is 0 Å². The predicted molar refractivity (Wildman–Crippen MR) is 60.6 cm³/mol. The van der Waals surface area contributed by atoms with Gasteiger partial charge in [-0.3, -0.25) is 0 Å². The van der Waals surface area contributed by atoms with E-state index in [0.717, 1.165) is 13.2 Å². The van der Waals surface area contributed by atoms with Crippen molar-refractivity contribution >= 4 is 0 Å². The Morgan fingerprint density at radius 2 is 1.71 bits per heavy atom. The molecule has 0 aliphatic carbocycles. The summed E-state index contributed by atoms with van der Waals surface area (Å²) in [6.07, 6.45) is 6.59. The molecule has 1 N–H and O–H groups in total. The largest absolute Gasteiger partial charge is 0.381 e. The van der Waals surface area contributed by atoms with Gasteiger partial charge in [0.15, 0.2) is 0 Å². The fraction of sp³-hybridized carbons (Fsp3) is 1.00. The van der Waals surface area contributed by atoms with Crippen molar-refractivity contribution in [3.05, 3.63) is 0 Å². The summed E-state index contributed by atoms with van der Waals surface area (Å²) in [4.78, 5) is 0. The lowest BCUT2D eigenvalue weighted by Gasteiger charge is -2.31. The van der Waals surface area contributed by atoms with Crippen LogP contribution in [0.25, 0.3) is 0 Å². The first kappa shape index (κ1) is 12.0. The van der Waals surface area contributed by atoms with E-state index in [0.29, 0.717) is 5.41 Å². The second-order valence-electron chi connectivity index (χ2n) is 4.55. The van der Waals surface area contributed by atoms with Gasteiger partial charge in [-0.25, -0.2) is 0 Å². The lowest BCUT2D eigenvalue weighted by Crippen LogP contribution is -2.36. The zero-order valence-electron chi connectivity index (χ0n) is 9.77. The molecule has 2 rings (SSSR count). The van der Waals surface area contributed by atoms with Gasteiger partial charge < -0.3 is 10.1 Å². The first-order chi connectivity index (χ1) is 6.83. The van der Waals surface area contributed by atoms with Crippen molar-refractivity contribution in [3.63, 3.8) is 0 Å². The lowest BCUT2D eigenvalue weighted by atomic mass is 9.79. The molecule has 14 heavy (non-hydrogen) atoms. The van der Waals surface area contributed by atoms with Crippen molar-refractivity contribution in [2.24, 2.45) is 5.41 Å². The van der Waals surface area contributed by atoms with Gasteiger partial charge in [-0.2, -0.15) is 0 Å². The van der Waals surface area contributed by atoms with Gasteiger partial charge in [0.1, 0.15) is 0 Å². The molecule has 0 saturated carbocycles. The van der Waals surface area contributed by atoms with Crippen LogP contribution < -0.4 is 5.32 Å². The third-order valence-electron chi connectivity index (χ3n) is 3.35. The Kier molecular flexibility index (Phi) is 5.49. The van der Waals surface area contributed by atoms with Crippen LogP contribution in [-0.2, 0) is 4.74 Å².